The summed E-state index contributed by atoms with van der Waals surface area (Å²) in [4.78, 5) is 21.2. The smallest absolute Gasteiger partial charge is 0.322 e. The average Bonchev–Trinajstić information content (AvgIpc) is 3.36. The fraction of sp³-hybridized carbons (Fsp3) is 0.500. The number of amides is 2. The van der Waals surface area contributed by atoms with Crippen LogP contribution in [0.1, 0.15) is 43.2 Å². The monoisotopic (exact) mass is 341 g/mol. The number of aromatic nitrogens is 2. The Morgan fingerprint density at radius 1 is 1.24 bits per heavy atom. The van der Waals surface area contributed by atoms with Gasteiger partial charge in [-0.2, -0.15) is 0 Å². The van der Waals surface area contributed by atoms with E-state index >= 15 is 0 Å². The van der Waals surface area contributed by atoms with Crippen LogP contribution in [0.4, 0.5) is 16.3 Å². The molecule has 2 amide bonds. The summed E-state index contributed by atoms with van der Waals surface area (Å²) in [6, 6.07) is 5.64. The molecule has 0 bridgehead atoms. The molecule has 1 atom stereocenters. The number of carbonyl (C=O) groups excluding carboxylic acids is 1. The molecule has 0 radical (unpaired) electrons. The Morgan fingerprint density at radius 3 is 2.76 bits per heavy atom. The van der Waals surface area contributed by atoms with Gasteiger partial charge >= 0.3 is 6.03 Å². The predicted molar refractivity (Wildman–Crippen MR) is 94.6 cm³/mol. The molecule has 2 fully saturated rings. The molecule has 0 spiro atoms. The van der Waals surface area contributed by atoms with Crippen molar-refractivity contribution in [2.45, 2.75) is 38.6 Å². The third-order valence-electron chi connectivity index (χ3n) is 4.92. The number of rotatable bonds is 3. The minimum Gasteiger partial charge on any atom is -0.359 e. The Labute approximate surface area is 147 Å². The van der Waals surface area contributed by atoms with E-state index in [1.165, 1.54) is 12.8 Å². The molecule has 4 heterocycles. The molecule has 25 heavy (non-hydrogen) atoms. The number of aryl methyl sites for hydroxylation is 1. The molecule has 132 valence electrons. The molecule has 0 saturated carbocycles. The quantitative estimate of drug-likeness (QED) is 0.927. The number of nitrogens with zero attached hydrogens (tertiary/aromatic N) is 4. The number of urea groups is 1. The number of carbonyl (C=O) groups is 1. The standard InChI is InChI=1S/C18H23N5O2/c1-13-11-16(25-21-13)15-5-4-10-23(15)18(24)20-14-6-7-17(19-12-14)22-8-2-3-9-22/h6-7,11-12,15H,2-5,8-10H2,1H3,(H,20,24)/t15-/m1/s1. The van der Waals surface area contributed by atoms with Crippen molar-refractivity contribution in [2.24, 2.45) is 0 Å². The summed E-state index contributed by atoms with van der Waals surface area (Å²) in [5.41, 5.74) is 1.55. The second kappa shape index (κ2) is 6.74. The molecule has 2 aromatic rings. The van der Waals surface area contributed by atoms with E-state index in [1.54, 1.807) is 6.20 Å². The van der Waals surface area contributed by atoms with Crippen LogP contribution in [0.15, 0.2) is 28.9 Å². The van der Waals surface area contributed by atoms with Crippen LogP contribution < -0.4 is 10.2 Å². The van der Waals surface area contributed by atoms with Crippen molar-refractivity contribution in [1.29, 1.82) is 0 Å². The van der Waals surface area contributed by atoms with Gasteiger partial charge in [0.2, 0.25) is 0 Å². The zero-order valence-corrected chi connectivity index (χ0v) is 14.4. The van der Waals surface area contributed by atoms with E-state index in [0.29, 0.717) is 5.69 Å². The van der Waals surface area contributed by atoms with Gasteiger partial charge in [0.1, 0.15) is 5.82 Å². The lowest BCUT2D eigenvalue weighted by Gasteiger charge is -2.23. The second-order valence-electron chi connectivity index (χ2n) is 6.75. The molecular weight excluding hydrogens is 318 g/mol. The summed E-state index contributed by atoms with van der Waals surface area (Å²) in [5.74, 6) is 1.74. The summed E-state index contributed by atoms with van der Waals surface area (Å²) in [6.45, 7) is 4.73. The Hall–Kier alpha value is -2.57. The fourth-order valence-electron chi connectivity index (χ4n) is 3.63. The van der Waals surface area contributed by atoms with Crippen molar-refractivity contribution in [3.05, 3.63) is 35.9 Å². The maximum absolute atomic E-state index is 12.7. The van der Waals surface area contributed by atoms with Crippen LogP contribution in [0.5, 0.6) is 0 Å². The minimum atomic E-state index is -0.118. The van der Waals surface area contributed by atoms with Crippen LogP contribution in [0, 0.1) is 6.92 Å². The zero-order chi connectivity index (χ0) is 17.2. The molecule has 2 saturated heterocycles. The van der Waals surface area contributed by atoms with Gasteiger partial charge in [0.25, 0.3) is 0 Å². The van der Waals surface area contributed by atoms with Crippen LogP contribution in [-0.2, 0) is 0 Å². The highest BCUT2D eigenvalue weighted by Crippen LogP contribution is 2.32. The topological polar surface area (TPSA) is 74.5 Å². The Bertz CT molecular complexity index is 736. The second-order valence-corrected chi connectivity index (χ2v) is 6.75. The van der Waals surface area contributed by atoms with E-state index in [0.717, 1.165) is 49.7 Å². The Morgan fingerprint density at radius 2 is 2.08 bits per heavy atom. The molecule has 0 aromatic carbocycles. The average molecular weight is 341 g/mol. The summed E-state index contributed by atoms with van der Waals surface area (Å²) >= 11 is 0. The van der Waals surface area contributed by atoms with Crippen molar-refractivity contribution in [3.8, 4) is 0 Å². The third-order valence-corrected chi connectivity index (χ3v) is 4.92. The van der Waals surface area contributed by atoms with Crippen molar-refractivity contribution in [1.82, 2.24) is 15.0 Å². The van der Waals surface area contributed by atoms with Gasteiger partial charge in [0, 0.05) is 25.7 Å². The maximum atomic E-state index is 12.7. The van der Waals surface area contributed by atoms with Gasteiger partial charge in [-0.05, 0) is 44.7 Å². The number of anilines is 2. The van der Waals surface area contributed by atoms with Gasteiger partial charge < -0.3 is 19.6 Å². The number of nitrogens with one attached hydrogen (secondary N) is 1. The zero-order valence-electron chi connectivity index (χ0n) is 14.4. The summed E-state index contributed by atoms with van der Waals surface area (Å²) in [7, 11) is 0. The Balaban J connectivity index is 1.42. The lowest BCUT2D eigenvalue weighted by molar-refractivity contribution is 0.195. The minimum absolute atomic E-state index is 0.0435. The van der Waals surface area contributed by atoms with Gasteiger partial charge in [-0.3, -0.25) is 0 Å². The van der Waals surface area contributed by atoms with Crippen LogP contribution in [0.2, 0.25) is 0 Å². The van der Waals surface area contributed by atoms with E-state index in [1.807, 2.05) is 30.0 Å². The third kappa shape index (κ3) is 3.31. The fourth-order valence-corrected chi connectivity index (χ4v) is 3.63. The Kier molecular flexibility index (Phi) is 4.29. The first-order valence-corrected chi connectivity index (χ1v) is 8.92. The summed E-state index contributed by atoms with van der Waals surface area (Å²) in [5, 5.41) is 6.89. The van der Waals surface area contributed by atoms with Crippen molar-refractivity contribution >= 4 is 17.5 Å². The molecule has 2 aliphatic rings. The highest BCUT2D eigenvalue weighted by molar-refractivity contribution is 5.89. The first kappa shape index (κ1) is 15.9. The largest absolute Gasteiger partial charge is 0.359 e. The van der Waals surface area contributed by atoms with Gasteiger partial charge in [0.15, 0.2) is 5.76 Å². The van der Waals surface area contributed by atoms with E-state index < -0.39 is 0 Å². The molecule has 0 unspecified atom stereocenters. The molecular formula is C18H23N5O2. The number of pyridine rings is 1. The molecule has 4 rings (SSSR count). The van der Waals surface area contributed by atoms with Gasteiger partial charge in [-0.15, -0.1) is 0 Å². The highest BCUT2D eigenvalue weighted by atomic mass is 16.5. The van der Waals surface area contributed by atoms with Crippen molar-refractivity contribution < 1.29 is 9.32 Å². The molecule has 1 N–H and O–H groups in total. The molecule has 2 aliphatic heterocycles. The first-order valence-electron chi connectivity index (χ1n) is 8.92. The van der Waals surface area contributed by atoms with E-state index in [2.05, 4.69) is 20.4 Å². The normalized spacial score (nSPS) is 20.3. The number of hydrogen-bond donors (Lipinski definition) is 1. The van der Waals surface area contributed by atoms with Crippen LogP contribution in [0.3, 0.4) is 0 Å². The number of likely N-dealkylation sites (tertiary alicyclic amines) is 1. The van der Waals surface area contributed by atoms with Gasteiger partial charge in [-0.25, -0.2) is 9.78 Å². The van der Waals surface area contributed by atoms with Gasteiger partial charge in [-0.1, -0.05) is 5.16 Å². The lowest BCUT2D eigenvalue weighted by atomic mass is 10.1. The van der Waals surface area contributed by atoms with Crippen LogP contribution in [-0.4, -0.2) is 40.7 Å². The maximum Gasteiger partial charge on any atom is 0.322 e. The van der Waals surface area contributed by atoms with Crippen LogP contribution in [0.25, 0.3) is 0 Å². The highest BCUT2D eigenvalue weighted by Gasteiger charge is 2.32. The SMILES string of the molecule is Cc1cc([C@H]2CCCN2C(=O)Nc2ccc(N3CCCC3)nc2)on1. The predicted octanol–water partition coefficient (Wildman–Crippen LogP) is 3.35. The van der Waals surface area contributed by atoms with E-state index in [4.69, 9.17) is 4.52 Å². The molecule has 2 aromatic heterocycles. The molecule has 0 aliphatic carbocycles. The molecule has 7 heteroatoms. The van der Waals surface area contributed by atoms with Gasteiger partial charge in [0.05, 0.1) is 23.6 Å². The summed E-state index contributed by atoms with van der Waals surface area (Å²) in [6.07, 6.45) is 6.03. The molecule has 7 nitrogen and oxygen atoms in total. The van der Waals surface area contributed by atoms with E-state index in [-0.39, 0.29) is 12.1 Å². The van der Waals surface area contributed by atoms with Crippen molar-refractivity contribution in [3.63, 3.8) is 0 Å². The van der Waals surface area contributed by atoms with Crippen molar-refractivity contribution in [2.75, 3.05) is 29.9 Å². The lowest BCUT2D eigenvalue weighted by Crippen LogP contribution is -2.34. The van der Waals surface area contributed by atoms with E-state index in [9.17, 15) is 4.79 Å². The number of hydrogen-bond acceptors (Lipinski definition) is 5. The summed E-state index contributed by atoms with van der Waals surface area (Å²) < 4.78 is 5.36. The van der Waals surface area contributed by atoms with Crippen LogP contribution >= 0.6 is 0 Å². The first-order chi connectivity index (χ1) is 12.2.